The molecule has 0 aliphatic rings. The number of halogens is 1. The molecule has 17 heavy (non-hydrogen) atoms. The van der Waals surface area contributed by atoms with Gasteiger partial charge in [0.05, 0.1) is 7.11 Å². The van der Waals surface area contributed by atoms with Crippen LogP contribution in [0.2, 0.25) is 0 Å². The van der Waals surface area contributed by atoms with Gasteiger partial charge < -0.3 is 4.74 Å². The van der Waals surface area contributed by atoms with Crippen molar-refractivity contribution in [3.8, 4) is 5.75 Å². The van der Waals surface area contributed by atoms with Crippen LogP contribution in [0.3, 0.4) is 0 Å². The summed E-state index contributed by atoms with van der Waals surface area (Å²) < 4.78 is 18.9. The minimum atomic E-state index is -0.158. The van der Waals surface area contributed by atoms with Gasteiger partial charge in [0.25, 0.3) is 0 Å². The van der Waals surface area contributed by atoms with Gasteiger partial charge in [0, 0.05) is 10.6 Å². The van der Waals surface area contributed by atoms with E-state index < -0.39 is 0 Å². The van der Waals surface area contributed by atoms with Crippen molar-refractivity contribution in [3.05, 3.63) is 53.8 Å². The van der Waals surface area contributed by atoms with Crippen LogP contribution in [-0.4, -0.2) is 7.11 Å². The zero-order valence-corrected chi connectivity index (χ0v) is 10.8. The summed E-state index contributed by atoms with van der Waals surface area (Å²) in [5.41, 5.74) is 1.16. The lowest BCUT2D eigenvalue weighted by molar-refractivity contribution is 0.418. The molecule has 0 aliphatic heterocycles. The maximum Gasteiger partial charge on any atom is 0.130 e. The summed E-state index contributed by atoms with van der Waals surface area (Å²) >= 11 is 0. The Morgan fingerprint density at radius 2 is 1.82 bits per heavy atom. The first kappa shape index (κ1) is 12.1. The summed E-state index contributed by atoms with van der Waals surface area (Å²) in [6.07, 6.45) is 0. The maximum atomic E-state index is 13.6. The fourth-order valence-corrected chi connectivity index (χ4v) is 2.91. The Morgan fingerprint density at radius 3 is 2.53 bits per heavy atom. The molecule has 3 heteroatoms. The first-order valence-electron chi connectivity index (χ1n) is 5.37. The zero-order valence-electron chi connectivity index (χ0n) is 9.83. The molecule has 0 fully saturated rings. The first-order chi connectivity index (χ1) is 8.20. The Bertz CT molecular complexity index is 525. The van der Waals surface area contributed by atoms with Crippen LogP contribution in [0.4, 0.5) is 4.39 Å². The molecule has 0 saturated carbocycles. The molecular weight excluding hydrogens is 234 g/mol. The Morgan fingerprint density at radius 1 is 1.06 bits per heavy atom. The Balaban J connectivity index is 2.35. The molecule has 2 aromatic carbocycles. The van der Waals surface area contributed by atoms with Crippen LogP contribution in [-0.2, 0) is 0 Å². The average Bonchev–Trinajstić information content (AvgIpc) is 2.32. The SMILES string of the molecule is COc1ccc(C)cc1Pc1ccccc1F. The number of ether oxygens (including phenoxy) is 1. The van der Waals surface area contributed by atoms with Crippen molar-refractivity contribution in [2.24, 2.45) is 0 Å². The number of methoxy groups -OCH3 is 1. The van der Waals surface area contributed by atoms with Gasteiger partial charge in [-0.1, -0.05) is 38.4 Å². The second-order valence-corrected chi connectivity index (χ2v) is 5.14. The van der Waals surface area contributed by atoms with Gasteiger partial charge in [-0.15, -0.1) is 0 Å². The van der Waals surface area contributed by atoms with Crippen molar-refractivity contribution in [2.45, 2.75) is 6.92 Å². The molecule has 88 valence electrons. The molecule has 0 heterocycles. The Hall–Kier alpha value is -1.40. The van der Waals surface area contributed by atoms with E-state index in [1.54, 1.807) is 13.2 Å². The minimum Gasteiger partial charge on any atom is -0.496 e. The molecule has 0 spiro atoms. The highest BCUT2D eigenvalue weighted by Gasteiger charge is 2.07. The summed E-state index contributed by atoms with van der Waals surface area (Å²) in [5, 5.41) is 1.76. The summed E-state index contributed by atoms with van der Waals surface area (Å²) in [4.78, 5) is 0. The summed E-state index contributed by atoms with van der Waals surface area (Å²) in [6, 6.07) is 12.8. The van der Waals surface area contributed by atoms with E-state index in [2.05, 4.69) is 0 Å². The van der Waals surface area contributed by atoms with Crippen LogP contribution < -0.4 is 15.3 Å². The monoisotopic (exact) mass is 248 g/mol. The van der Waals surface area contributed by atoms with Gasteiger partial charge in [0.15, 0.2) is 0 Å². The predicted octanol–water partition coefficient (Wildman–Crippen LogP) is 2.77. The molecular formula is C14H14FOP. The fourth-order valence-electron chi connectivity index (χ4n) is 1.63. The van der Waals surface area contributed by atoms with Gasteiger partial charge in [-0.25, -0.2) is 4.39 Å². The molecule has 2 aromatic rings. The smallest absolute Gasteiger partial charge is 0.130 e. The van der Waals surface area contributed by atoms with Gasteiger partial charge in [-0.2, -0.15) is 0 Å². The van der Waals surface area contributed by atoms with E-state index in [4.69, 9.17) is 4.74 Å². The summed E-state index contributed by atoms with van der Waals surface area (Å²) in [6.45, 7) is 2.02. The second kappa shape index (κ2) is 5.29. The lowest BCUT2D eigenvalue weighted by Crippen LogP contribution is -2.10. The van der Waals surface area contributed by atoms with Crippen molar-refractivity contribution in [1.82, 2.24) is 0 Å². The lowest BCUT2D eigenvalue weighted by atomic mass is 10.2. The Kier molecular flexibility index (Phi) is 3.75. The van der Waals surface area contributed by atoms with Crippen molar-refractivity contribution in [3.63, 3.8) is 0 Å². The molecule has 0 aromatic heterocycles. The molecule has 0 saturated heterocycles. The summed E-state index contributed by atoms with van der Waals surface area (Å²) in [7, 11) is 1.92. The largest absolute Gasteiger partial charge is 0.496 e. The predicted molar refractivity (Wildman–Crippen MR) is 71.7 cm³/mol. The number of rotatable bonds is 3. The number of benzene rings is 2. The third-order valence-corrected chi connectivity index (χ3v) is 3.83. The quantitative estimate of drug-likeness (QED) is 0.759. The number of hydrogen-bond acceptors (Lipinski definition) is 1. The molecule has 2 rings (SSSR count). The van der Waals surface area contributed by atoms with Crippen molar-refractivity contribution >= 4 is 19.2 Å². The first-order valence-corrected chi connectivity index (χ1v) is 6.37. The van der Waals surface area contributed by atoms with Crippen LogP contribution in [0.1, 0.15) is 5.56 Å². The zero-order chi connectivity index (χ0) is 12.3. The fraction of sp³-hybridized carbons (Fsp3) is 0.143. The average molecular weight is 248 g/mol. The number of aryl methyl sites for hydroxylation is 1. The molecule has 0 aliphatic carbocycles. The van der Waals surface area contributed by atoms with E-state index in [-0.39, 0.29) is 14.4 Å². The second-order valence-electron chi connectivity index (χ2n) is 3.81. The van der Waals surface area contributed by atoms with Crippen molar-refractivity contribution < 1.29 is 9.13 Å². The molecule has 0 amide bonds. The third-order valence-electron chi connectivity index (χ3n) is 2.50. The van der Waals surface area contributed by atoms with Gasteiger partial charge in [-0.3, -0.25) is 0 Å². The van der Waals surface area contributed by atoms with Gasteiger partial charge in [0.2, 0.25) is 0 Å². The van der Waals surface area contributed by atoms with Crippen molar-refractivity contribution in [1.29, 1.82) is 0 Å². The highest BCUT2D eigenvalue weighted by molar-refractivity contribution is 7.55. The normalized spacial score (nSPS) is 11.0. The van der Waals surface area contributed by atoms with E-state index in [0.29, 0.717) is 0 Å². The highest BCUT2D eigenvalue weighted by atomic mass is 31.1. The highest BCUT2D eigenvalue weighted by Crippen LogP contribution is 2.21. The van der Waals surface area contributed by atoms with Crippen LogP contribution >= 0.6 is 8.58 Å². The van der Waals surface area contributed by atoms with Crippen LogP contribution in [0, 0.1) is 12.7 Å². The van der Waals surface area contributed by atoms with Gasteiger partial charge in [0.1, 0.15) is 11.6 Å². The van der Waals surface area contributed by atoms with E-state index in [0.717, 1.165) is 21.9 Å². The molecule has 1 nitrogen and oxygen atoms in total. The van der Waals surface area contributed by atoms with Gasteiger partial charge >= 0.3 is 0 Å². The van der Waals surface area contributed by atoms with Crippen molar-refractivity contribution in [2.75, 3.05) is 7.11 Å². The van der Waals surface area contributed by atoms with Crippen LogP contribution in [0.5, 0.6) is 5.75 Å². The lowest BCUT2D eigenvalue weighted by Gasteiger charge is -2.10. The molecule has 0 N–H and O–H groups in total. The maximum absolute atomic E-state index is 13.6. The van der Waals surface area contributed by atoms with Crippen LogP contribution in [0.25, 0.3) is 0 Å². The Labute approximate surface area is 102 Å². The molecule has 1 atom stereocenters. The minimum absolute atomic E-state index is 0.158. The standard InChI is InChI=1S/C14H14FOP/c1-10-7-8-12(16-2)14(9-10)17-13-6-4-3-5-11(13)15/h3-9,17H,1-2H3. The van der Waals surface area contributed by atoms with Gasteiger partial charge in [-0.05, 0) is 25.1 Å². The molecule has 0 bridgehead atoms. The van der Waals surface area contributed by atoms with E-state index in [1.165, 1.54) is 6.07 Å². The van der Waals surface area contributed by atoms with E-state index in [1.807, 2.05) is 37.3 Å². The topological polar surface area (TPSA) is 9.23 Å². The number of hydrogen-bond donors (Lipinski definition) is 0. The molecule has 0 radical (unpaired) electrons. The molecule has 1 unspecified atom stereocenters. The summed E-state index contributed by atoms with van der Waals surface area (Å²) in [5.74, 6) is 0.659. The van der Waals surface area contributed by atoms with Crippen LogP contribution in [0.15, 0.2) is 42.5 Å². The van der Waals surface area contributed by atoms with E-state index >= 15 is 0 Å². The third kappa shape index (κ3) is 2.83. The van der Waals surface area contributed by atoms with E-state index in [9.17, 15) is 4.39 Å².